The van der Waals surface area contributed by atoms with E-state index in [2.05, 4.69) is 30.5 Å². The number of rotatable bonds is 4. The van der Waals surface area contributed by atoms with E-state index in [4.69, 9.17) is 11.5 Å². The van der Waals surface area contributed by atoms with Gasteiger partial charge < -0.3 is 21.8 Å². The highest BCUT2D eigenvalue weighted by molar-refractivity contribution is 6.07. The summed E-state index contributed by atoms with van der Waals surface area (Å²) in [6.07, 6.45) is 3.39. The average molecular weight is 386 g/mol. The van der Waals surface area contributed by atoms with Crippen molar-refractivity contribution in [3.05, 3.63) is 66.1 Å². The molecule has 0 saturated heterocycles. The van der Waals surface area contributed by atoms with Crippen LogP contribution in [0.5, 0.6) is 0 Å². The van der Waals surface area contributed by atoms with Crippen LogP contribution in [0.4, 0.5) is 5.82 Å². The van der Waals surface area contributed by atoms with E-state index in [1.807, 2.05) is 24.3 Å². The molecule has 0 aliphatic carbocycles. The number of carbonyl (C=O) groups is 1. The lowest BCUT2D eigenvalue weighted by Gasteiger charge is -2.04. The maximum atomic E-state index is 12.7. The fourth-order valence-corrected chi connectivity index (χ4v) is 2.89. The molecule has 4 rings (SSSR count). The fourth-order valence-electron chi connectivity index (χ4n) is 2.89. The Morgan fingerprint density at radius 2 is 1.93 bits per heavy atom. The normalized spacial score (nSPS) is 11.6. The Bertz CT molecular complexity index is 1280. The van der Waals surface area contributed by atoms with Crippen molar-refractivity contribution >= 4 is 45.2 Å². The zero-order valence-corrected chi connectivity index (χ0v) is 15.5. The monoisotopic (exact) mass is 386 g/mol. The number of amides is 1. The number of aromatic nitrogens is 3. The summed E-state index contributed by atoms with van der Waals surface area (Å²) in [6, 6.07) is 12.8. The maximum absolute atomic E-state index is 12.7. The Hall–Kier alpha value is -4.27. The lowest BCUT2D eigenvalue weighted by atomic mass is 10.1. The lowest BCUT2D eigenvalue weighted by molar-refractivity contribution is 0.102. The SMILES string of the molecule is C/C(=N/N=C(N)N)c1ccc2[nH]c(C(=O)Nc3ccc4cnccc4n3)cc2c1. The van der Waals surface area contributed by atoms with Crippen LogP contribution in [-0.2, 0) is 0 Å². The molecule has 0 fully saturated rings. The fraction of sp³-hybridized carbons (Fsp3) is 0.0500. The number of nitrogens with one attached hydrogen (secondary N) is 2. The minimum atomic E-state index is -0.283. The molecule has 6 N–H and O–H groups in total. The largest absolute Gasteiger partial charge is 0.369 e. The van der Waals surface area contributed by atoms with Gasteiger partial charge in [0, 0.05) is 28.7 Å². The van der Waals surface area contributed by atoms with Gasteiger partial charge in [0.15, 0.2) is 0 Å². The van der Waals surface area contributed by atoms with Crippen LogP contribution in [0.2, 0.25) is 0 Å². The number of H-pyrrole nitrogens is 1. The van der Waals surface area contributed by atoms with Gasteiger partial charge in [-0.1, -0.05) is 6.07 Å². The molecule has 3 aromatic heterocycles. The molecule has 0 saturated carbocycles. The van der Waals surface area contributed by atoms with Crippen molar-refractivity contribution in [3.8, 4) is 0 Å². The highest BCUT2D eigenvalue weighted by Gasteiger charge is 2.12. The van der Waals surface area contributed by atoms with E-state index >= 15 is 0 Å². The molecule has 1 amide bonds. The number of fused-ring (bicyclic) bond motifs is 2. The molecule has 3 heterocycles. The molecule has 0 spiro atoms. The molecule has 0 unspecified atom stereocenters. The van der Waals surface area contributed by atoms with Crippen LogP contribution in [0.25, 0.3) is 21.8 Å². The Kier molecular flexibility index (Phi) is 4.62. The summed E-state index contributed by atoms with van der Waals surface area (Å²) in [5.74, 6) is 0.0763. The molecule has 0 bridgehead atoms. The number of benzene rings is 1. The zero-order chi connectivity index (χ0) is 20.4. The summed E-state index contributed by atoms with van der Waals surface area (Å²) in [5, 5.41) is 12.2. The molecule has 144 valence electrons. The number of carbonyl (C=O) groups excluding carboxylic acids is 1. The number of anilines is 1. The summed E-state index contributed by atoms with van der Waals surface area (Å²) < 4.78 is 0. The summed E-state index contributed by atoms with van der Waals surface area (Å²) in [5.41, 5.74) is 14.1. The highest BCUT2D eigenvalue weighted by Crippen LogP contribution is 2.19. The molecule has 29 heavy (non-hydrogen) atoms. The number of nitrogens with zero attached hydrogens (tertiary/aromatic N) is 4. The van der Waals surface area contributed by atoms with Crippen LogP contribution in [0, 0.1) is 0 Å². The van der Waals surface area contributed by atoms with Gasteiger partial charge in [-0.3, -0.25) is 9.78 Å². The van der Waals surface area contributed by atoms with Gasteiger partial charge >= 0.3 is 0 Å². The summed E-state index contributed by atoms with van der Waals surface area (Å²) >= 11 is 0. The van der Waals surface area contributed by atoms with E-state index in [1.54, 1.807) is 37.5 Å². The number of guanidine groups is 1. The van der Waals surface area contributed by atoms with Crippen LogP contribution in [0.15, 0.2) is 65.1 Å². The molecular weight excluding hydrogens is 368 g/mol. The number of hydrogen-bond acceptors (Lipinski definition) is 5. The number of hydrogen-bond donors (Lipinski definition) is 4. The number of pyridine rings is 2. The highest BCUT2D eigenvalue weighted by atomic mass is 16.1. The lowest BCUT2D eigenvalue weighted by Crippen LogP contribution is -2.22. The standard InChI is InChI=1S/C20H18N8O/c1-11(27-28-20(21)22)12-2-4-15-14(8-12)9-17(24-15)19(29)26-18-5-3-13-10-23-7-6-16(13)25-18/h2-10,24H,1H3,(H4,21,22,28)(H,25,26,29)/b27-11-. The second kappa shape index (κ2) is 7.39. The van der Waals surface area contributed by atoms with Gasteiger partial charge in [-0.2, -0.15) is 5.10 Å². The van der Waals surface area contributed by atoms with E-state index in [9.17, 15) is 4.79 Å². The summed E-state index contributed by atoms with van der Waals surface area (Å²) in [4.78, 5) is 24.3. The molecule has 4 aromatic rings. The molecule has 9 nitrogen and oxygen atoms in total. The van der Waals surface area contributed by atoms with E-state index in [0.29, 0.717) is 17.2 Å². The van der Waals surface area contributed by atoms with Crippen molar-refractivity contribution in [2.45, 2.75) is 6.92 Å². The van der Waals surface area contributed by atoms with Crippen molar-refractivity contribution in [1.82, 2.24) is 15.0 Å². The Morgan fingerprint density at radius 3 is 2.76 bits per heavy atom. The van der Waals surface area contributed by atoms with Gasteiger partial charge in [0.1, 0.15) is 11.5 Å². The second-order valence-corrected chi connectivity index (χ2v) is 6.41. The topological polar surface area (TPSA) is 147 Å². The van der Waals surface area contributed by atoms with Crippen LogP contribution >= 0.6 is 0 Å². The third kappa shape index (κ3) is 3.88. The predicted octanol–water partition coefficient (Wildman–Crippen LogP) is 2.36. The van der Waals surface area contributed by atoms with Gasteiger partial charge in [-0.15, -0.1) is 5.10 Å². The van der Waals surface area contributed by atoms with Crippen molar-refractivity contribution in [1.29, 1.82) is 0 Å². The number of aromatic amines is 1. The predicted molar refractivity (Wildman–Crippen MR) is 114 cm³/mol. The maximum Gasteiger partial charge on any atom is 0.273 e. The molecule has 0 radical (unpaired) electrons. The van der Waals surface area contributed by atoms with E-state index in [1.165, 1.54) is 0 Å². The first kappa shape index (κ1) is 18.1. The third-order valence-corrected chi connectivity index (χ3v) is 4.33. The van der Waals surface area contributed by atoms with E-state index in [0.717, 1.165) is 27.4 Å². The molecule has 1 aromatic carbocycles. The Morgan fingerprint density at radius 1 is 1.07 bits per heavy atom. The molecular formula is C20H18N8O. The molecule has 0 aliphatic rings. The summed E-state index contributed by atoms with van der Waals surface area (Å²) in [7, 11) is 0. The van der Waals surface area contributed by atoms with Crippen LogP contribution in [0.3, 0.4) is 0 Å². The van der Waals surface area contributed by atoms with Crippen LogP contribution < -0.4 is 16.8 Å². The third-order valence-electron chi connectivity index (χ3n) is 4.33. The van der Waals surface area contributed by atoms with E-state index < -0.39 is 0 Å². The van der Waals surface area contributed by atoms with Crippen molar-refractivity contribution in [3.63, 3.8) is 0 Å². The van der Waals surface area contributed by atoms with Crippen LogP contribution in [0.1, 0.15) is 23.0 Å². The van der Waals surface area contributed by atoms with Gasteiger partial charge in [0.2, 0.25) is 5.96 Å². The number of nitrogens with two attached hydrogens (primary N) is 2. The van der Waals surface area contributed by atoms with Crippen molar-refractivity contribution in [2.24, 2.45) is 21.7 Å². The molecule has 0 aliphatic heterocycles. The quantitative estimate of drug-likeness (QED) is 0.241. The van der Waals surface area contributed by atoms with E-state index in [-0.39, 0.29) is 11.9 Å². The average Bonchev–Trinajstić information content (AvgIpc) is 3.15. The Balaban J connectivity index is 1.59. The van der Waals surface area contributed by atoms with Crippen molar-refractivity contribution in [2.75, 3.05) is 5.32 Å². The molecule has 0 atom stereocenters. The zero-order valence-electron chi connectivity index (χ0n) is 15.5. The summed E-state index contributed by atoms with van der Waals surface area (Å²) in [6.45, 7) is 1.80. The first-order chi connectivity index (χ1) is 14.0. The smallest absolute Gasteiger partial charge is 0.273 e. The minimum absolute atomic E-state index is 0.107. The Labute approximate surface area is 165 Å². The van der Waals surface area contributed by atoms with Gasteiger partial charge in [0.05, 0.1) is 11.2 Å². The minimum Gasteiger partial charge on any atom is -0.369 e. The second-order valence-electron chi connectivity index (χ2n) is 6.41. The first-order valence-corrected chi connectivity index (χ1v) is 8.78. The van der Waals surface area contributed by atoms with Crippen molar-refractivity contribution < 1.29 is 4.79 Å². The first-order valence-electron chi connectivity index (χ1n) is 8.78. The molecule has 9 heteroatoms. The van der Waals surface area contributed by atoms with Gasteiger partial charge in [-0.25, -0.2) is 4.98 Å². The van der Waals surface area contributed by atoms with Gasteiger partial charge in [-0.05, 0) is 48.9 Å². The van der Waals surface area contributed by atoms with Crippen LogP contribution in [-0.4, -0.2) is 32.5 Å². The van der Waals surface area contributed by atoms with Gasteiger partial charge in [0.25, 0.3) is 5.91 Å².